The molecule has 2 atom stereocenters. The SMILES string of the molecule is CCC(C)C(NC(=O)CCC1CCCC1)C(=O)Nc1nnc(-c2ccc(OC)cc2)s1. The van der Waals surface area contributed by atoms with Crippen LogP contribution in [0.4, 0.5) is 5.13 Å². The van der Waals surface area contributed by atoms with Crippen LogP contribution in [0.3, 0.4) is 0 Å². The Morgan fingerprint density at radius 3 is 2.55 bits per heavy atom. The molecule has 0 bridgehead atoms. The third kappa shape index (κ3) is 6.50. The molecular formula is C23H32N4O3S. The molecule has 2 amide bonds. The Bertz CT molecular complexity index is 862. The molecule has 1 fully saturated rings. The number of amides is 2. The van der Waals surface area contributed by atoms with E-state index in [0.717, 1.165) is 24.2 Å². The Morgan fingerprint density at radius 2 is 1.90 bits per heavy atom. The predicted molar refractivity (Wildman–Crippen MR) is 123 cm³/mol. The van der Waals surface area contributed by atoms with Gasteiger partial charge in [0.05, 0.1) is 7.11 Å². The fourth-order valence-corrected chi connectivity index (χ4v) is 4.64. The van der Waals surface area contributed by atoms with Crippen molar-refractivity contribution in [1.82, 2.24) is 15.5 Å². The summed E-state index contributed by atoms with van der Waals surface area (Å²) in [4.78, 5) is 25.4. The Hall–Kier alpha value is -2.48. The number of methoxy groups -OCH3 is 1. The molecule has 7 nitrogen and oxygen atoms in total. The van der Waals surface area contributed by atoms with Gasteiger partial charge in [0.25, 0.3) is 0 Å². The van der Waals surface area contributed by atoms with Gasteiger partial charge in [-0.2, -0.15) is 0 Å². The van der Waals surface area contributed by atoms with Crippen molar-refractivity contribution in [3.63, 3.8) is 0 Å². The second-order valence-corrected chi connectivity index (χ2v) is 9.23. The van der Waals surface area contributed by atoms with Crippen LogP contribution in [0.2, 0.25) is 0 Å². The van der Waals surface area contributed by atoms with E-state index in [2.05, 4.69) is 20.8 Å². The topological polar surface area (TPSA) is 93.2 Å². The van der Waals surface area contributed by atoms with Crippen molar-refractivity contribution in [2.24, 2.45) is 11.8 Å². The summed E-state index contributed by atoms with van der Waals surface area (Å²) in [6.07, 6.45) is 7.14. The van der Waals surface area contributed by atoms with Gasteiger partial charge in [0.1, 0.15) is 16.8 Å². The summed E-state index contributed by atoms with van der Waals surface area (Å²) in [5.41, 5.74) is 0.900. The normalized spacial score (nSPS) is 16.0. The van der Waals surface area contributed by atoms with Gasteiger partial charge < -0.3 is 10.1 Å². The van der Waals surface area contributed by atoms with Crippen molar-refractivity contribution in [3.05, 3.63) is 24.3 Å². The number of rotatable bonds is 10. The van der Waals surface area contributed by atoms with Crippen LogP contribution >= 0.6 is 11.3 Å². The first-order valence-electron chi connectivity index (χ1n) is 11.1. The zero-order chi connectivity index (χ0) is 22.2. The van der Waals surface area contributed by atoms with E-state index in [-0.39, 0.29) is 17.7 Å². The molecule has 1 heterocycles. The number of carbonyl (C=O) groups excluding carboxylic acids is 2. The Labute approximate surface area is 188 Å². The van der Waals surface area contributed by atoms with Gasteiger partial charge in [0.15, 0.2) is 0 Å². The first kappa shape index (κ1) is 23.2. The molecule has 3 rings (SSSR count). The molecule has 2 unspecified atom stereocenters. The zero-order valence-electron chi connectivity index (χ0n) is 18.5. The van der Waals surface area contributed by atoms with Crippen molar-refractivity contribution >= 4 is 28.3 Å². The number of nitrogens with one attached hydrogen (secondary N) is 2. The minimum Gasteiger partial charge on any atom is -0.497 e. The van der Waals surface area contributed by atoms with Gasteiger partial charge >= 0.3 is 0 Å². The van der Waals surface area contributed by atoms with E-state index in [0.29, 0.717) is 22.5 Å². The highest BCUT2D eigenvalue weighted by atomic mass is 32.1. The second kappa shape index (κ2) is 11.2. The summed E-state index contributed by atoms with van der Waals surface area (Å²) in [5.74, 6) is 1.13. The maximum atomic E-state index is 12.9. The molecule has 1 aromatic heterocycles. The van der Waals surface area contributed by atoms with Crippen LogP contribution < -0.4 is 15.4 Å². The first-order chi connectivity index (χ1) is 15.0. The number of hydrogen-bond donors (Lipinski definition) is 2. The zero-order valence-corrected chi connectivity index (χ0v) is 19.3. The minimum absolute atomic E-state index is 0.0180. The van der Waals surface area contributed by atoms with Gasteiger partial charge in [0.2, 0.25) is 16.9 Å². The molecule has 31 heavy (non-hydrogen) atoms. The standard InChI is InChI=1S/C23H32N4O3S/c1-4-15(2)20(24-19(28)14-9-16-7-5-6-8-16)21(29)25-23-27-26-22(31-23)17-10-12-18(30-3)13-11-17/h10-13,15-16,20H,4-9,14H2,1-3H3,(H,24,28)(H,25,27,29). The van der Waals surface area contributed by atoms with E-state index in [4.69, 9.17) is 4.74 Å². The highest BCUT2D eigenvalue weighted by Gasteiger charge is 2.27. The van der Waals surface area contributed by atoms with Gasteiger partial charge in [-0.1, -0.05) is 57.3 Å². The maximum Gasteiger partial charge on any atom is 0.249 e. The summed E-state index contributed by atoms with van der Waals surface area (Å²) in [6, 6.07) is 6.92. The number of hydrogen-bond acceptors (Lipinski definition) is 6. The molecule has 2 N–H and O–H groups in total. The first-order valence-corrected chi connectivity index (χ1v) is 11.9. The van der Waals surface area contributed by atoms with E-state index >= 15 is 0 Å². The van der Waals surface area contributed by atoms with Crippen molar-refractivity contribution in [2.45, 2.75) is 64.8 Å². The van der Waals surface area contributed by atoms with Crippen LogP contribution in [0.25, 0.3) is 10.6 Å². The van der Waals surface area contributed by atoms with Crippen molar-refractivity contribution < 1.29 is 14.3 Å². The van der Waals surface area contributed by atoms with Crippen LogP contribution in [-0.2, 0) is 9.59 Å². The molecule has 1 saturated carbocycles. The molecule has 2 aromatic rings. The Kier molecular flexibility index (Phi) is 8.40. The summed E-state index contributed by atoms with van der Waals surface area (Å²) in [7, 11) is 1.62. The highest BCUT2D eigenvalue weighted by molar-refractivity contribution is 7.18. The molecular weight excluding hydrogens is 412 g/mol. The van der Waals surface area contributed by atoms with Crippen molar-refractivity contribution in [1.29, 1.82) is 0 Å². The number of carbonyl (C=O) groups is 2. The van der Waals surface area contributed by atoms with Crippen molar-refractivity contribution in [3.8, 4) is 16.3 Å². The molecule has 1 aliphatic rings. The van der Waals surface area contributed by atoms with Crippen LogP contribution in [0.5, 0.6) is 5.75 Å². The van der Waals surface area contributed by atoms with Crippen LogP contribution in [-0.4, -0.2) is 35.2 Å². The van der Waals surface area contributed by atoms with Crippen LogP contribution in [0.15, 0.2) is 24.3 Å². The van der Waals surface area contributed by atoms with E-state index in [9.17, 15) is 9.59 Å². The van der Waals surface area contributed by atoms with E-state index < -0.39 is 6.04 Å². The minimum atomic E-state index is -0.589. The van der Waals surface area contributed by atoms with Gasteiger partial charge in [-0.3, -0.25) is 14.9 Å². The Balaban J connectivity index is 1.59. The van der Waals surface area contributed by atoms with E-state index in [1.54, 1.807) is 7.11 Å². The molecule has 1 aliphatic carbocycles. The third-order valence-electron chi connectivity index (χ3n) is 6.06. The summed E-state index contributed by atoms with van der Waals surface area (Å²) < 4.78 is 5.18. The van der Waals surface area contributed by atoms with Crippen LogP contribution in [0.1, 0.15) is 58.8 Å². The smallest absolute Gasteiger partial charge is 0.249 e. The lowest BCUT2D eigenvalue weighted by molar-refractivity contribution is -0.127. The maximum absolute atomic E-state index is 12.9. The number of anilines is 1. The highest BCUT2D eigenvalue weighted by Crippen LogP contribution is 2.29. The van der Waals surface area contributed by atoms with Crippen molar-refractivity contribution in [2.75, 3.05) is 12.4 Å². The van der Waals surface area contributed by atoms with Gasteiger partial charge in [-0.25, -0.2) is 0 Å². The number of nitrogens with zero attached hydrogens (tertiary/aromatic N) is 2. The van der Waals surface area contributed by atoms with E-state index in [1.165, 1.54) is 37.0 Å². The molecule has 8 heteroatoms. The number of ether oxygens (including phenoxy) is 1. The molecule has 0 saturated heterocycles. The molecule has 1 aromatic carbocycles. The van der Waals surface area contributed by atoms with Crippen LogP contribution in [0, 0.1) is 11.8 Å². The average Bonchev–Trinajstić information content (AvgIpc) is 3.48. The Morgan fingerprint density at radius 1 is 1.19 bits per heavy atom. The van der Waals surface area contributed by atoms with Gasteiger partial charge in [-0.15, -0.1) is 10.2 Å². The van der Waals surface area contributed by atoms with E-state index in [1.807, 2.05) is 38.1 Å². The lowest BCUT2D eigenvalue weighted by Gasteiger charge is -2.23. The molecule has 0 spiro atoms. The summed E-state index contributed by atoms with van der Waals surface area (Å²) in [6.45, 7) is 3.99. The number of benzene rings is 1. The van der Waals surface area contributed by atoms with Gasteiger partial charge in [-0.05, 0) is 42.5 Å². The number of aromatic nitrogens is 2. The quantitative estimate of drug-likeness (QED) is 0.556. The molecule has 0 aliphatic heterocycles. The predicted octanol–water partition coefficient (Wildman–Crippen LogP) is 4.65. The fraction of sp³-hybridized carbons (Fsp3) is 0.565. The average molecular weight is 445 g/mol. The molecule has 168 valence electrons. The monoisotopic (exact) mass is 444 g/mol. The molecule has 0 radical (unpaired) electrons. The third-order valence-corrected chi connectivity index (χ3v) is 6.95. The fourth-order valence-electron chi connectivity index (χ4n) is 3.89. The largest absolute Gasteiger partial charge is 0.497 e. The lowest BCUT2D eigenvalue weighted by Crippen LogP contribution is -2.47. The summed E-state index contributed by atoms with van der Waals surface area (Å²) in [5, 5.41) is 15.2. The van der Waals surface area contributed by atoms with Gasteiger partial charge in [0, 0.05) is 12.0 Å². The lowest BCUT2D eigenvalue weighted by atomic mass is 9.97. The summed E-state index contributed by atoms with van der Waals surface area (Å²) >= 11 is 1.30. The second-order valence-electron chi connectivity index (χ2n) is 8.25.